The Morgan fingerprint density at radius 2 is 2.28 bits per heavy atom. The summed E-state index contributed by atoms with van der Waals surface area (Å²) < 4.78 is 1.17. The average molecular weight is 311 g/mol. The van der Waals surface area contributed by atoms with Crippen molar-refractivity contribution in [2.45, 2.75) is 38.8 Å². The van der Waals surface area contributed by atoms with Crippen molar-refractivity contribution >= 4 is 15.9 Å². The van der Waals surface area contributed by atoms with E-state index in [2.05, 4.69) is 58.9 Å². The highest BCUT2D eigenvalue weighted by Gasteiger charge is 2.29. The smallest absolute Gasteiger partial charge is 0.0346 e. The third kappa shape index (κ3) is 3.14. The molecule has 1 aliphatic heterocycles. The highest BCUT2D eigenvalue weighted by molar-refractivity contribution is 9.10. The first kappa shape index (κ1) is 14.0. The minimum absolute atomic E-state index is 0.315. The van der Waals surface area contributed by atoms with Crippen LogP contribution in [0.1, 0.15) is 38.3 Å². The van der Waals surface area contributed by atoms with Gasteiger partial charge in [-0.3, -0.25) is 4.90 Å². The van der Waals surface area contributed by atoms with Gasteiger partial charge < -0.3 is 5.73 Å². The standard InChI is InChI=1S/C15H23BrN2/c1-3-15(12-5-4-6-14(16)9-12)18-8-7-13(10-18)11(2)17/h4-6,9,11,13,15H,3,7-8,10,17H2,1-2H3. The van der Waals surface area contributed by atoms with E-state index in [1.807, 2.05) is 0 Å². The summed E-state index contributed by atoms with van der Waals surface area (Å²) >= 11 is 3.56. The molecule has 2 N–H and O–H groups in total. The number of likely N-dealkylation sites (tertiary alicyclic amines) is 1. The quantitative estimate of drug-likeness (QED) is 0.921. The van der Waals surface area contributed by atoms with Crippen LogP contribution in [-0.4, -0.2) is 24.0 Å². The van der Waals surface area contributed by atoms with Crippen molar-refractivity contribution < 1.29 is 0 Å². The van der Waals surface area contributed by atoms with Crippen molar-refractivity contribution in [1.29, 1.82) is 0 Å². The van der Waals surface area contributed by atoms with Crippen LogP contribution in [0.15, 0.2) is 28.7 Å². The van der Waals surface area contributed by atoms with Crippen molar-refractivity contribution in [3.8, 4) is 0 Å². The fourth-order valence-electron chi connectivity index (χ4n) is 2.95. The van der Waals surface area contributed by atoms with Gasteiger partial charge in [-0.1, -0.05) is 35.0 Å². The molecule has 100 valence electrons. The molecule has 1 saturated heterocycles. The van der Waals surface area contributed by atoms with Crippen molar-refractivity contribution in [3.63, 3.8) is 0 Å². The van der Waals surface area contributed by atoms with E-state index in [0.29, 0.717) is 18.0 Å². The molecule has 0 aliphatic carbocycles. The molecule has 1 aromatic rings. The third-order valence-electron chi connectivity index (χ3n) is 4.06. The van der Waals surface area contributed by atoms with Crippen LogP contribution >= 0.6 is 15.9 Å². The Labute approximate surface area is 119 Å². The highest BCUT2D eigenvalue weighted by atomic mass is 79.9. The molecule has 3 heteroatoms. The molecule has 1 aromatic carbocycles. The van der Waals surface area contributed by atoms with Crippen LogP contribution in [0.2, 0.25) is 0 Å². The Hall–Kier alpha value is -0.380. The number of benzene rings is 1. The first-order valence-electron chi connectivity index (χ1n) is 6.87. The van der Waals surface area contributed by atoms with Crippen LogP contribution in [0.4, 0.5) is 0 Å². The van der Waals surface area contributed by atoms with E-state index in [1.54, 1.807) is 0 Å². The van der Waals surface area contributed by atoms with Crippen molar-refractivity contribution in [1.82, 2.24) is 4.90 Å². The molecular weight excluding hydrogens is 288 g/mol. The second-order valence-electron chi connectivity index (χ2n) is 5.38. The molecule has 0 bridgehead atoms. The van der Waals surface area contributed by atoms with E-state index in [9.17, 15) is 0 Å². The number of halogens is 1. The summed E-state index contributed by atoms with van der Waals surface area (Å²) in [6.45, 7) is 6.72. The molecule has 3 atom stereocenters. The van der Waals surface area contributed by atoms with Gasteiger partial charge in [0.1, 0.15) is 0 Å². The summed E-state index contributed by atoms with van der Waals surface area (Å²) in [4.78, 5) is 2.59. The van der Waals surface area contributed by atoms with Crippen LogP contribution < -0.4 is 5.73 Å². The van der Waals surface area contributed by atoms with Crippen molar-refractivity contribution in [2.75, 3.05) is 13.1 Å². The maximum Gasteiger partial charge on any atom is 0.0346 e. The summed E-state index contributed by atoms with van der Waals surface area (Å²) in [6, 6.07) is 9.54. The van der Waals surface area contributed by atoms with Gasteiger partial charge in [0.2, 0.25) is 0 Å². The number of rotatable bonds is 4. The number of nitrogens with zero attached hydrogens (tertiary/aromatic N) is 1. The Balaban J connectivity index is 2.10. The molecule has 0 spiro atoms. The summed E-state index contributed by atoms with van der Waals surface area (Å²) in [7, 11) is 0. The van der Waals surface area contributed by atoms with E-state index >= 15 is 0 Å². The maximum absolute atomic E-state index is 6.03. The average Bonchev–Trinajstić information content (AvgIpc) is 2.80. The predicted octanol–water partition coefficient (Wildman–Crippen LogP) is 3.57. The fraction of sp³-hybridized carbons (Fsp3) is 0.600. The summed E-state index contributed by atoms with van der Waals surface area (Å²) in [5, 5.41) is 0. The van der Waals surface area contributed by atoms with Crippen LogP contribution in [0.3, 0.4) is 0 Å². The van der Waals surface area contributed by atoms with E-state index in [0.717, 1.165) is 13.0 Å². The molecule has 2 rings (SSSR count). The first-order valence-corrected chi connectivity index (χ1v) is 7.66. The van der Waals surface area contributed by atoms with Gasteiger partial charge in [-0.05, 0) is 49.9 Å². The zero-order chi connectivity index (χ0) is 13.1. The van der Waals surface area contributed by atoms with Crippen LogP contribution in [0, 0.1) is 5.92 Å². The van der Waals surface area contributed by atoms with Gasteiger partial charge in [0, 0.05) is 23.1 Å². The van der Waals surface area contributed by atoms with Crippen LogP contribution in [-0.2, 0) is 0 Å². The van der Waals surface area contributed by atoms with Crippen molar-refractivity contribution in [3.05, 3.63) is 34.3 Å². The van der Waals surface area contributed by atoms with Gasteiger partial charge in [-0.2, -0.15) is 0 Å². The monoisotopic (exact) mass is 310 g/mol. The number of hydrogen-bond acceptors (Lipinski definition) is 2. The molecule has 0 radical (unpaired) electrons. The van der Waals surface area contributed by atoms with Gasteiger partial charge in [-0.25, -0.2) is 0 Å². The van der Waals surface area contributed by atoms with E-state index in [-0.39, 0.29) is 0 Å². The lowest BCUT2D eigenvalue weighted by Gasteiger charge is -2.28. The lowest BCUT2D eigenvalue weighted by Crippen LogP contribution is -2.31. The SMILES string of the molecule is CCC(c1cccc(Br)c1)N1CCC(C(C)N)C1. The minimum Gasteiger partial charge on any atom is -0.328 e. The summed E-state index contributed by atoms with van der Waals surface area (Å²) in [6.07, 6.45) is 2.39. The van der Waals surface area contributed by atoms with Gasteiger partial charge in [0.15, 0.2) is 0 Å². The second-order valence-corrected chi connectivity index (χ2v) is 6.30. The van der Waals surface area contributed by atoms with Gasteiger partial charge in [0.05, 0.1) is 0 Å². The third-order valence-corrected chi connectivity index (χ3v) is 4.55. The zero-order valence-electron chi connectivity index (χ0n) is 11.3. The van der Waals surface area contributed by atoms with E-state index in [1.165, 1.54) is 23.0 Å². The topological polar surface area (TPSA) is 29.3 Å². The molecule has 18 heavy (non-hydrogen) atoms. The van der Waals surface area contributed by atoms with E-state index in [4.69, 9.17) is 5.73 Å². The van der Waals surface area contributed by atoms with Crippen LogP contribution in [0.25, 0.3) is 0 Å². The number of nitrogens with two attached hydrogens (primary N) is 1. The lowest BCUT2D eigenvalue weighted by molar-refractivity contribution is 0.226. The summed E-state index contributed by atoms with van der Waals surface area (Å²) in [5.41, 5.74) is 7.44. The molecular formula is C15H23BrN2. The Bertz CT molecular complexity index is 392. The van der Waals surface area contributed by atoms with Crippen LogP contribution in [0.5, 0.6) is 0 Å². The lowest BCUT2D eigenvalue weighted by atomic mass is 10.0. The summed E-state index contributed by atoms with van der Waals surface area (Å²) in [5.74, 6) is 0.659. The molecule has 2 nitrogen and oxygen atoms in total. The molecule has 1 aliphatic rings. The molecule has 0 aromatic heterocycles. The molecule has 1 fully saturated rings. The molecule has 0 saturated carbocycles. The van der Waals surface area contributed by atoms with E-state index < -0.39 is 0 Å². The van der Waals surface area contributed by atoms with Gasteiger partial charge >= 0.3 is 0 Å². The zero-order valence-corrected chi connectivity index (χ0v) is 12.9. The minimum atomic E-state index is 0.315. The molecule has 1 heterocycles. The Morgan fingerprint density at radius 3 is 2.83 bits per heavy atom. The Morgan fingerprint density at radius 1 is 1.50 bits per heavy atom. The predicted molar refractivity (Wildman–Crippen MR) is 80.5 cm³/mol. The largest absolute Gasteiger partial charge is 0.328 e. The Kier molecular flexibility index (Phi) is 4.82. The molecule has 3 unspecified atom stereocenters. The maximum atomic E-state index is 6.03. The second kappa shape index (κ2) is 6.18. The van der Waals surface area contributed by atoms with Crippen molar-refractivity contribution in [2.24, 2.45) is 11.7 Å². The highest BCUT2D eigenvalue weighted by Crippen LogP contribution is 2.31. The number of hydrogen-bond donors (Lipinski definition) is 1. The first-order chi connectivity index (χ1) is 8.61. The molecule has 0 amide bonds. The fourth-order valence-corrected chi connectivity index (χ4v) is 3.36. The van der Waals surface area contributed by atoms with Gasteiger partial charge in [-0.15, -0.1) is 0 Å². The van der Waals surface area contributed by atoms with Gasteiger partial charge in [0.25, 0.3) is 0 Å². The normalized spacial score (nSPS) is 24.1.